The highest BCUT2D eigenvalue weighted by Gasteiger charge is 2.28. The Morgan fingerprint density at radius 3 is 3.07 bits per heavy atom. The first-order valence-corrected chi connectivity index (χ1v) is 5.22. The van der Waals surface area contributed by atoms with Crippen molar-refractivity contribution in [3.05, 3.63) is 26.8 Å². The molecule has 0 aliphatic heterocycles. The summed E-state index contributed by atoms with van der Waals surface area (Å²) in [6.45, 7) is 0. The standard InChI is InChI=1S/C9H7BrN2O2/c10-5-3-6-8(14-9(13)11-6)12-7(5)4-1-2-4/h3-4H,1-2H2,(H,11,13). The van der Waals surface area contributed by atoms with Crippen LogP contribution in [0.25, 0.3) is 11.2 Å². The lowest BCUT2D eigenvalue weighted by atomic mass is 10.2. The lowest BCUT2D eigenvalue weighted by Crippen LogP contribution is -1.92. The predicted molar refractivity (Wildman–Crippen MR) is 54.3 cm³/mol. The minimum atomic E-state index is -0.452. The summed E-state index contributed by atoms with van der Waals surface area (Å²) in [5.74, 6) is 0.0846. The molecule has 0 aromatic carbocycles. The third-order valence-corrected chi connectivity index (χ3v) is 2.99. The lowest BCUT2D eigenvalue weighted by molar-refractivity contribution is 0.544. The molecule has 0 bridgehead atoms. The number of hydrogen-bond acceptors (Lipinski definition) is 3. The summed E-state index contributed by atoms with van der Waals surface area (Å²) in [6.07, 6.45) is 2.34. The van der Waals surface area contributed by atoms with Crippen LogP contribution in [0.15, 0.2) is 19.8 Å². The van der Waals surface area contributed by atoms with Gasteiger partial charge in [0.1, 0.15) is 5.52 Å². The first-order valence-electron chi connectivity index (χ1n) is 4.43. The van der Waals surface area contributed by atoms with Crippen LogP contribution < -0.4 is 5.76 Å². The summed E-state index contributed by atoms with van der Waals surface area (Å²) in [5.41, 5.74) is 2.05. The number of nitrogens with zero attached hydrogens (tertiary/aromatic N) is 1. The van der Waals surface area contributed by atoms with Crippen LogP contribution in [-0.2, 0) is 0 Å². The van der Waals surface area contributed by atoms with Gasteiger partial charge in [0.05, 0.1) is 5.69 Å². The van der Waals surface area contributed by atoms with E-state index in [4.69, 9.17) is 4.42 Å². The molecule has 4 nitrogen and oxygen atoms in total. The molecule has 0 atom stereocenters. The quantitative estimate of drug-likeness (QED) is 0.849. The first kappa shape index (κ1) is 8.23. The number of oxazole rings is 1. The van der Waals surface area contributed by atoms with Gasteiger partial charge in [-0.1, -0.05) is 0 Å². The van der Waals surface area contributed by atoms with E-state index in [2.05, 4.69) is 25.9 Å². The molecule has 0 saturated heterocycles. The SMILES string of the molecule is O=c1[nH]c2cc(Br)c(C3CC3)nc2o1. The van der Waals surface area contributed by atoms with Crippen LogP contribution >= 0.6 is 15.9 Å². The number of nitrogens with one attached hydrogen (secondary N) is 1. The van der Waals surface area contributed by atoms with E-state index < -0.39 is 5.76 Å². The van der Waals surface area contributed by atoms with Gasteiger partial charge in [0.2, 0.25) is 5.71 Å². The number of aromatic nitrogens is 2. The van der Waals surface area contributed by atoms with Gasteiger partial charge < -0.3 is 4.42 Å². The molecular weight excluding hydrogens is 248 g/mol. The number of H-pyrrole nitrogens is 1. The van der Waals surface area contributed by atoms with Gasteiger partial charge in [0.15, 0.2) is 0 Å². The van der Waals surface area contributed by atoms with Crippen molar-refractivity contribution in [2.75, 3.05) is 0 Å². The highest BCUT2D eigenvalue weighted by molar-refractivity contribution is 9.10. The summed E-state index contributed by atoms with van der Waals surface area (Å²) < 4.78 is 5.85. The molecule has 3 rings (SSSR count). The molecule has 2 aromatic rings. The lowest BCUT2D eigenvalue weighted by Gasteiger charge is -1.99. The van der Waals surface area contributed by atoms with Crippen molar-refractivity contribution in [1.82, 2.24) is 9.97 Å². The van der Waals surface area contributed by atoms with E-state index in [1.807, 2.05) is 6.07 Å². The van der Waals surface area contributed by atoms with Crippen LogP contribution in [-0.4, -0.2) is 9.97 Å². The molecule has 14 heavy (non-hydrogen) atoms. The summed E-state index contributed by atoms with van der Waals surface area (Å²) in [7, 11) is 0. The third kappa shape index (κ3) is 1.19. The Balaban J connectivity index is 2.30. The molecule has 1 saturated carbocycles. The van der Waals surface area contributed by atoms with E-state index in [9.17, 15) is 4.79 Å². The molecular formula is C9H7BrN2O2. The molecule has 0 spiro atoms. The Morgan fingerprint density at radius 2 is 2.36 bits per heavy atom. The molecule has 1 fully saturated rings. The zero-order chi connectivity index (χ0) is 9.71. The Labute approximate surface area is 87.5 Å². The fourth-order valence-corrected chi connectivity index (χ4v) is 2.16. The molecule has 2 heterocycles. The summed E-state index contributed by atoms with van der Waals surface area (Å²) in [4.78, 5) is 17.8. The predicted octanol–water partition coefficient (Wildman–Crippen LogP) is 2.16. The fourth-order valence-electron chi connectivity index (χ4n) is 1.52. The van der Waals surface area contributed by atoms with Gasteiger partial charge in [-0.25, -0.2) is 9.78 Å². The van der Waals surface area contributed by atoms with Gasteiger partial charge in [-0.2, -0.15) is 0 Å². The fraction of sp³-hybridized carbons (Fsp3) is 0.333. The molecule has 0 unspecified atom stereocenters. The smallest absolute Gasteiger partial charge is 0.389 e. The zero-order valence-corrected chi connectivity index (χ0v) is 8.80. The van der Waals surface area contributed by atoms with Crippen LogP contribution in [0.2, 0.25) is 0 Å². The summed E-state index contributed by atoms with van der Waals surface area (Å²) >= 11 is 3.44. The Hall–Kier alpha value is -1.10. The van der Waals surface area contributed by atoms with Gasteiger partial charge in [-0.05, 0) is 34.8 Å². The minimum Gasteiger partial charge on any atom is -0.389 e. The molecule has 0 radical (unpaired) electrons. The average molecular weight is 255 g/mol. The van der Waals surface area contributed by atoms with Crippen molar-refractivity contribution in [3.8, 4) is 0 Å². The van der Waals surface area contributed by atoms with Crippen LogP contribution in [0.4, 0.5) is 0 Å². The monoisotopic (exact) mass is 254 g/mol. The van der Waals surface area contributed by atoms with E-state index in [1.165, 1.54) is 12.8 Å². The number of fused-ring (bicyclic) bond motifs is 1. The highest BCUT2D eigenvalue weighted by atomic mass is 79.9. The van der Waals surface area contributed by atoms with Crippen molar-refractivity contribution >= 4 is 27.2 Å². The van der Waals surface area contributed by atoms with Gasteiger partial charge >= 0.3 is 5.76 Å². The van der Waals surface area contributed by atoms with Crippen molar-refractivity contribution in [2.24, 2.45) is 0 Å². The van der Waals surface area contributed by atoms with Gasteiger partial charge in [0, 0.05) is 10.4 Å². The van der Waals surface area contributed by atoms with Crippen molar-refractivity contribution in [2.45, 2.75) is 18.8 Å². The maximum atomic E-state index is 10.9. The molecule has 2 aromatic heterocycles. The van der Waals surface area contributed by atoms with E-state index in [1.54, 1.807) is 0 Å². The zero-order valence-electron chi connectivity index (χ0n) is 7.21. The van der Waals surface area contributed by atoms with Crippen LogP contribution in [0, 0.1) is 0 Å². The van der Waals surface area contributed by atoms with Crippen LogP contribution in [0.5, 0.6) is 0 Å². The molecule has 5 heteroatoms. The topological polar surface area (TPSA) is 58.9 Å². The van der Waals surface area contributed by atoms with Gasteiger partial charge in [-0.15, -0.1) is 0 Å². The number of halogens is 1. The van der Waals surface area contributed by atoms with Gasteiger partial charge in [0.25, 0.3) is 0 Å². The van der Waals surface area contributed by atoms with E-state index in [0.717, 1.165) is 10.2 Å². The second-order valence-electron chi connectivity index (χ2n) is 3.50. The Morgan fingerprint density at radius 1 is 1.57 bits per heavy atom. The van der Waals surface area contributed by atoms with Crippen molar-refractivity contribution in [1.29, 1.82) is 0 Å². The first-order chi connectivity index (χ1) is 6.74. The molecule has 1 aliphatic rings. The van der Waals surface area contributed by atoms with Crippen molar-refractivity contribution in [3.63, 3.8) is 0 Å². The number of hydrogen-bond donors (Lipinski definition) is 1. The Bertz CT molecular complexity index is 553. The maximum Gasteiger partial charge on any atom is 0.418 e. The number of pyridine rings is 1. The second kappa shape index (κ2) is 2.70. The molecule has 0 amide bonds. The van der Waals surface area contributed by atoms with E-state index in [-0.39, 0.29) is 0 Å². The molecule has 72 valence electrons. The number of rotatable bonds is 1. The summed E-state index contributed by atoms with van der Waals surface area (Å²) in [6, 6.07) is 1.85. The van der Waals surface area contributed by atoms with E-state index >= 15 is 0 Å². The largest absolute Gasteiger partial charge is 0.418 e. The van der Waals surface area contributed by atoms with Crippen LogP contribution in [0.3, 0.4) is 0 Å². The van der Waals surface area contributed by atoms with Crippen molar-refractivity contribution < 1.29 is 4.42 Å². The van der Waals surface area contributed by atoms with E-state index in [0.29, 0.717) is 17.1 Å². The Kier molecular flexibility index (Phi) is 1.58. The maximum absolute atomic E-state index is 10.9. The minimum absolute atomic E-state index is 0.403. The van der Waals surface area contributed by atoms with Crippen LogP contribution in [0.1, 0.15) is 24.5 Å². The number of aromatic amines is 1. The molecule has 1 N–H and O–H groups in total. The summed E-state index contributed by atoms with van der Waals surface area (Å²) in [5, 5.41) is 0. The third-order valence-electron chi connectivity index (χ3n) is 2.36. The second-order valence-corrected chi connectivity index (χ2v) is 4.35. The normalized spacial score (nSPS) is 16.4. The van der Waals surface area contributed by atoms with Gasteiger partial charge in [-0.3, -0.25) is 4.98 Å². The average Bonchev–Trinajstić information content (AvgIpc) is 2.88. The highest BCUT2D eigenvalue weighted by Crippen LogP contribution is 2.42. The molecule has 1 aliphatic carbocycles.